The predicted octanol–water partition coefficient (Wildman–Crippen LogP) is 0.470. The SMILES string of the molecule is Nc1ncc(N2CCC(N)CC2)nc1C(=O)Nc1cnccc1N1CCOCC1. The van der Waals surface area contributed by atoms with Crippen molar-refractivity contribution in [2.45, 2.75) is 18.9 Å². The molecule has 2 fully saturated rings. The molecule has 10 heteroatoms. The number of nitrogen functional groups attached to an aromatic ring is 1. The van der Waals surface area contributed by atoms with E-state index in [4.69, 9.17) is 16.2 Å². The van der Waals surface area contributed by atoms with E-state index in [1.807, 2.05) is 6.07 Å². The minimum absolute atomic E-state index is 0.0942. The third-order valence-corrected chi connectivity index (χ3v) is 5.26. The number of nitrogens with two attached hydrogens (primary N) is 2. The monoisotopic (exact) mass is 398 g/mol. The lowest BCUT2D eigenvalue weighted by Gasteiger charge is -2.31. The first-order valence-electron chi connectivity index (χ1n) is 9.83. The summed E-state index contributed by atoms with van der Waals surface area (Å²) in [5.41, 5.74) is 13.5. The van der Waals surface area contributed by atoms with Crippen LogP contribution < -0.4 is 26.6 Å². The van der Waals surface area contributed by atoms with Gasteiger partial charge in [0.2, 0.25) is 0 Å². The molecule has 0 unspecified atom stereocenters. The van der Waals surface area contributed by atoms with E-state index in [0.717, 1.165) is 44.7 Å². The summed E-state index contributed by atoms with van der Waals surface area (Å²) in [5.74, 6) is 0.320. The number of pyridine rings is 1. The van der Waals surface area contributed by atoms with Crippen LogP contribution in [0.1, 0.15) is 23.3 Å². The van der Waals surface area contributed by atoms with Gasteiger partial charge in [0, 0.05) is 38.4 Å². The summed E-state index contributed by atoms with van der Waals surface area (Å²) < 4.78 is 5.41. The first kappa shape index (κ1) is 19.3. The Morgan fingerprint density at radius 1 is 1.14 bits per heavy atom. The fourth-order valence-electron chi connectivity index (χ4n) is 3.58. The van der Waals surface area contributed by atoms with Gasteiger partial charge in [-0.15, -0.1) is 0 Å². The molecule has 5 N–H and O–H groups in total. The standard InChI is InChI=1S/C19H26N8O2/c20-13-2-5-27(6-3-13)16-12-23-18(21)17(25-16)19(28)24-14-11-22-4-1-15(14)26-7-9-29-10-8-26/h1,4,11-13H,2-3,5-10,20H2,(H2,21,23)(H,24,28). The van der Waals surface area contributed by atoms with E-state index < -0.39 is 5.91 Å². The topological polar surface area (TPSA) is 136 Å². The molecule has 2 saturated heterocycles. The maximum absolute atomic E-state index is 13.0. The minimum atomic E-state index is -0.409. The lowest BCUT2D eigenvalue weighted by atomic mass is 10.1. The maximum atomic E-state index is 13.0. The number of carbonyl (C=O) groups excluding carboxylic acids is 1. The molecule has 0 radical (unpaired) electrons. The number of hydrogen-bond donors (Lipinski definition) is 3. The zero-order valence-corrected chi connectivity index (χ0v) is 16.3. The van der Waals surface area contributed by atoms with Crippen LogP contribution in [0.15, 0.2) is 24.7 Å². The number of nitrogens with one attached hydrogen (secondary N) is 1. The van der Waals surface area contributed by atoms with Crippen molar-refractivity contribution in [1.82, 2.24) is 15.0 Å². The fraction of sp³-hybridized carbons (Fsp3) is 0.474. The van der Waals surface area contributed by atoms with Gasteiger partial charge in [0.05, 0.1) is 37.0 Å². The Hall–Kier alpha value is -2.98. The third kappa shape index (κ3) is 4.38. The number of carbonyl (C=O) groups is 1. The van der Waals surface area contributed by atoms with Crippen LogP contribution in [-0.4, -0.2) is 66.3 Å². The average Bonchev–Trinajstić information content (AvgIpc) is 2.76. The smallest absolute Gasteiger partial charge is 0.278 e. The predicted molar refractivity (Wildman–Crippen MR) is 111 cm³/mol. The van der Waals surface area contributed by atoms with Gasteiger partial charge in [-0.1, -0.05) is 0 Å². The van der Waals surface area contributed by atoms with Crippen molar-refractivity contribution in [3.05, 3.63) is 30.4 Å². The summed E-state index contributed by atoms with van der Waals surface area (Å²) in [4.78, 5) is 30.0. The van der Waals surface area contributed by atoms with E-state index in [0.29, 0.717) is 24.7 Å². The minimum Gasteiger partial charge on any atom is -0.382 e. The summed E-state index contributed by atoms with van der Waals surface area (Å²) >= 11 is 0. The Morgan fingerprint density at radius 3 is 2.66 bits per heavy atom. The molecule has 10 nitrogen and oxygen atoms in total. The first-order valence-corrected chi connectivity index (χ1v) is 9.83. The second kappa shape index (κ2) is 8.58. The lowest BCUT2D eigenvalue weighted by molar-refractivity contribution is 0.102. The molecule has 2 aliphatic heterocycles. The van der Waals surface area contributed by atoms with Crippen LogP contribution >= 0.6 is 0 Å². The Bertz CT molecular complexity index is 863. The van der Waals surface area contributed by atoms with Crippen molar-refractivity contribution in [3.8, 4) is 0 Å². The number of ether oxygens (including phenoxy) is 1. The van der Waals surface area contributed by atoms with Gasteiger partial charge in [-0.05, 0) is 18.9 Å². The van der Waals surface area contributed by atoms with Gasteiger partial charge in [0.15, 0.2) is 11.5 Å². The maximum Gasteiger partial charge on any atom is 0.278 e. The number of hydrogen-bond acceptors (Lipinski definition) is 9. The molecule has 2 aliphatic rings. The van der Waals surface area contributed by atoms with Crippen molar-refractivity contribution in [2.24, 2.45) is 5.73 Å². The van der Waals surface area contributed by atoms with Crippen molar-refractivity contribution in [1.29, 1.82) is 0 Å². The highest BCUT2D eigenvalue weighted by Gasteiger charge is 2.22. The van der Waals surface area contributed by atoms with Crippen molar-refractivity contribution < 1.29 is 9.53 Å². The van der Waals surface area contributed by atoms with Crippen molar-refractivity contribution in [3.63, 3.8) is 0 Å². The van der Waals surface area contributed by atoms with E-state index in [-0.39, 0.29) is 17.6 Å². The highest BCUT2D eigenvalue weighted by Crippen LogP contribution is 2.26. The van der Waals surface area contributed by atoms with Crippen LogP contribution in [0.2, 0.25) is 0 Å². The molecule has 0 bridgehead atoms. The number of rotatable bonds is 4. The summed E-state index contributed by atoms with van der Waals surface area (Å²) in [7, 11) is 0. The van der Waals surface area contributed by atoms with Gasteiger partial charge in [-0.2, -0.15) is 0 Å². The van der Waals surface area contributed by atoms with Gasteiger partial charge >= 0.3 is 0 Å². The number of morpholine rings is 1. The molecule has 0 saturated carbocycles. The van der Waals surface area contributed by atoms with E-state index in [1.165, 1.54) is 0 Å². The molecule has 2 aromatic heterocycles. The summed E-state index contributed by atoms with van der Waals surface area (Å²) in [6.07, 6.45) is 6.70. The molecule has 2 aromatic rings. The van der Waals surface area contributed by atoms with Gasteiger partial charge in [0.1, 0.15) is 5.82 Å². The first-order chi connectivity index (χ1) is 14.1. The van der Waals surface area contributed by atoms with Crippen LogP contribution in [0.5, 0.6) is 0 Å². The van der Waals surface area contributed by atoms with Gasteiger partial charge in [-0.3, -0.25) is 9.78 Å². The Balaban J connectivity index is 1.54. The van der Waals surface area contributed by atoms with Crippen molar-refractivity contribution in [2.75, 3.05) is 60.2 Å². The summed E-state index contributed by atoms with van der Waals surface area (Å²) in [6.45, 7) is 4.36. The van der Waals surface area contributed by atoms with Crippen LogP contribution in [0, 0.1) is 0 Å². The molecule has 0 spiro atoms. The number of nitrogens with zero attached hydrogens (tertiary/aromatic N) is 5. The largest absolute Gasteiger partial charge is 0.382 e. The van der Waals surface area contributed by atoms with Crippen LogP contribution in [0.25, 0.3) is 0 Å². The number of amides is 1. The molecule has 154 valence electrons. The second-order valence-corrected chi connectivity index (χ2v) is 7.23. The third-order valence-electron chi connectivity index (χ3n) is 5.26. The van der Waals surface area contributed by atoms with Crippen LogP contribution in [-0.2, 0) is 4.74 Å². The Labute approximate surface area is 169 Å². The Morgan fingerprint density at radius 2 is 1.90 bits per heavy atom. The summed E-state index contributed by atoms with van der Waals surface area (Å²) in [6, 6.07) is 2.09. The van der Waals surface area contributed by atoms with E-state index >= 15 is 0 Å². The average molecular weight is 398 g/mol. The number of piperidine rings is 1. The second-order valence-electron chi connectivity index (χ2n) is 7.23. The van der Waals surface area contributed by atoms with E-state index in [9.17, 15) is 4.79 Å². The van der Waals surface area contributed by atoms with Crippen molar-refractivity contribution >= 4 is 28.9 Å². The molecular formula is C19H26N8O2. The zero-order valence-electron chi connectivity index (χ0n) is 16.3. The highest BCUT2D eigenvalue weighted by molar-refractivity contribution is 6.07. The molecule has 4 heterocycles. The summed E-state index contributed by atoms with van der Waals surface area (Å²) in [5, 5.41) is 2.90. The molecule has 0 aliphatic carbocycles. The number of anilines is 4. The molecule has 29 heavy (non-hydrogen) atoms. The fourth-order valence-corrected chi connectivity index (χ4v) is 3.58. The van der Waals surface area contributed by atoms with Gasteiger partial charge in [0.25, 0.3) is 5.91 Å². The van der Waals surface area contributed by atoms with Crippen LogP contribution in [0.4, 0.5) is 23.0 Å². The normalized spacial score (nSPS) is 18.0. The van der Waals surface area contributed by atoms with E-state index in [2.05, 4.69) is 30.1 Å². The quantitative estimate of drug-likeness (QED) is 0.671. The zero-order chi connectivity index (χ0) is 20.2. The van der Waals surface area contributed by atoms with Crippen LogP contribution in [0.3, 0.4) is 0 Å². The Kier molecular flexibility index (Phi) is 5.72. The molecular weight excluding hydrogens is 372 g/mol. The van der Waals surface area contributed by atoms with Gasteiger partial charge < -0.3 is 31.3 Å². The van der Waals surface area contributed by atoms with Gasteiger partial charge in [-0.25, -0.2) is 9.97 Å². The highest BCUT2D eigenvalue weighted by atomic mass is 16.5. The molecule has 0 atom stereocenters. The number of aromatic nitrogens is 3. The lowest BCUT2D eigenvalue weighted by Crippen LogP contribution is -2.40. The molecule has 4 rings (SSSR count). The molecule has 1 amide bonds. The molecule has 0 aromatic carbocycles. The van der Waals surface area contributed by atoms with E-state index in [1.54, 1.807) is 18.6 Å².